The van der Waals surface area contributed by atoms with Crippen molar-refractivity contribution in [2.75, 3.05) is 14.7 Å². The van der Waals surface area contributed by atoms with Crippen LogP contribution in [0.15, 0.2) is 218 Å². The Kier molecular flexibility index (Phi) is 7.33. The summed E-state index contributed by atoms with van der Waals surface area (Å²) >= 11 is 0. The van der Waals surface area contributed by atoms with E-state index in [2.05, 4.69) is 233 Å². The molecule has 4 heteroatoms. The third-order valence-corrected chi connectivity index (χ3v) is 12.1. The minimum atomic E-state index is 0.0448. The molecule has 0 radical (unpaired) electrons. The molecule has 0 N–H and O–H groups in total. The molecule has 3 aliphatic rings. The van der Waals surface area contributed by atoms with Crippen LogP contribution in [0.2, 0.25) is 0 Å². The summed E-state index contributed by atoms with van der Waals surface area (Å²) in [6, 6.07) is 79.9. The lowest BCUT2D eigenvalue weighted by Crippen LogP contribution is -2.64. The fourth-order valence-corrected chi connectivity index (χ4v) is 9.68. The van der Waals surface area contributed by atoms with E-state index in [9.17, 15) is 0 Å². The van der Waals surface area contributed by atoms with Gasteiger partial charge in [-0.2, -0.15) is 0 Å². The Balaban J connectivity index is 1.13. The van der Waals surface area contributed by atoms with Crippen LogP contribution in [0.3, 0.4) is 0 Å². The van der Waals surface area contributed by atoms with Crippen molar-refractivity contribution in [2.24, 2.45) is 0 Å². The molecule has 0 unspecified atom stereocenters. The molecule has 270 valence electrons. The van der Waals surface area contributed by atoms with Crippen molar-refractivity contribution >= 4 is 74.3 Å². The van der Waals surface area contributed by atoms with E-state index in [4.69, 9.17) is 0 Å². The summed E-state index contributed by atoms with van der Waals surface area (Å²) < 4.78 is 0. The summed E-state index contributed by atoms with van der Waals surface area (Å²) in [7, 11) is 0. The molecule has 0 spiro atoms. The Bertz CT molecular complexity index is 2900. The van der Waals surface area contributed by atoms with Crippen LogP contribution in [0.4, 0.5) is 51.2 Å². The highest BCUT2D eigenvalue weighted by Gasteiger charge is 2.49. The highest BCUT2D eigenvalue weighted by molar-refractivity contribution is 7.02. The van der Waals surface area contributed by atoms with Gasteiger partial charge in [0.2, 0.25) is 0 Å². The minimum absolute atomic E-state index is 0.0448. The molecule has 3 heterocycles. The third-order valence-electron chi connectivity index (χ3n) is 12.1. The van der Waals surface area contributed by atoms with E-state index >= 15 is 0 Å². The largest absolute Gasteiger partial charge is 0.311 e. The van der Waals surface area contributed by atoms with Gasteiger partial charge in [-0.3, -0.25) is 0 Å². The Morgan fingerprint density at radius 3 is 0.931 bits per heavy atom. The zero-order chi connectivity index (χ0) is 38.2. The molecule has 9 aromatic rings. The van der Waals surface area contributed by atoms with Crippen LogP contribution >= 0.6 is 0 Å². The maximum absolute atomic E-state index is 2.51. The van der Waals surface area contributed by atoms with Crippen molar-refractivity contribution in [3.05, 3.63) is 218 Å². The Morgan fingerprint density at radius 2 is 0.517 bits per heavy atom. The predicted molar refractivity (Wildman–Crippen MR) is 245 cm³/mol. The van der Waals surface area contributed by atoms with Gasteiger partial charge in [-0.15, -0.1) is 0 Å². The van der Waals surface area contributed by atoms with Gasteiger partial charge in [0.25, 0.3) is 6.71 Å². The standard InChI is InChI=1S/C54H36BN3/c1-5-17-37(18-6-1)38-19-13-20-39(33-38)40-21-14-22-41(34-40)42-35-50-54-51(36-42)58(45-27-11-4-12-28-45)49-32-16-30-47-53(49)55(54)52-46(56(47)43-23-7-2-8-24-43)29-15-31-48(52)57(50)44-25-9-3-10-26-44/h1-36H. The quantitative estimate of drug-likeness (QED) is 0.157. The van der Waals surface area contributed by atoms with Crippen LogP contribution in [0.25, 0.3) is 33.4 Å². The van der Waals surface area contributed by atoms with E-state index in [1.165, 1.54) is 83.9 Å². The van der Waals surface area contributed by atoms with Crippen LogP contribution in [0, 0.1) is 0 Å². The van der Waals surface area contributed by atoms with E-state index in [1.807, 2.05) is 0 Å². The molecule has 0 amide bonds. The number of anilines is 9. The zero-order valence-electron chi connectivity index (χ0n) is 31.7. The number of hydrogen-bond donors (Lipinski definition) is 0. The van der Waals surface area contributed by atoms with Gasteiger partial charge in [0.1, 0.15) is 0 Å². The van der Waals surface area contributed by atoms with E-state index in [1.54, 1.807) is 0 Å². The molecule has 0 saturated heterocycles. The summed E-state index contributed by atoms with van der Waals surface area (Å²) in [5, 5.41) is 0. The molecule has 0 saturated carbocycles. The predicted octanol–water partition coefficient (Wildman–Crippen LogP) is 12.6. The maximum atomic E-state index is 2.51. The molecular weight excluding hydrogens is 701 g/mol. The molecule has 0 fully saturated rings. The number of rotatable bonds is 6. The van der Waals surface area contributed by atoms with Gasteiger partial charge >= 0.3 is 0 Å². The van der Waals surface area contributed by atoms with E-state index in [0.717, 1.165) is 17.1 Å². The van der Waals surface area contributed by atoms with Gasteiger partial charge in [-0.05, 0) is 135 Å². The van der Waals surface area contributed by atoms with Gasteiger partial charge < -0.3 is 14.7 Å². The van der Waals surface area contributed by atoms with E-state index in [-0.39, 0.29) is 6.71 Å². The van der Waals surface area contributed by atoms with Crippen LogP contribution < -0.4 is 31.1 Å². The van der Waals surface area contributed by atoms with Gasteiger partial charge in [-0.25, -0.2) is 0 Å². The average molecular weight is 738 g/mol. The Hall–Kier alpha value is -7.56. The Labute approximate surface area is 339 Å². The summed E-state index contributed by atoms with van der Waals surface area (Å²) in [6.45, 7) is 0.0448. The van der Waals surface area contributed by atoms with Gasteiger partial charge in [0.15, 0.2) is 0 Å². The van der Waals surface area contributed by atoms with Crippen molar-refractivity contribution in [3.8, 4) is 33.4 Å². The van der Waals surface area contributed by atoms with Gasteiger partial charge in [0, 0.05) is 51.2 Å². The van der Waals surface area contributed by atoms with Crippen LogP contribution in [0.1, 0.15) is 0 Å². The second-order valence-electron chi connectivity index (χ2n) is 15.3. The van der Waals surface area contributed by atoms with Gasteiger partial charge in [0.05, 0.1) is 0 Å². The normalized spacial score (nSPS) is 13.0. The lowest BCUT2D eigenvalue weighted by molar-refractivity contribution is 1.22. The number of nitrogens with zero attached hydrogens (tertiary/aromatic N) is 3. The second kappa shape index (κ2) is 13.0. The summed E-state index contributed by atoms with van der Waals surface area (Å²) in [6.07, 6.45) is 0. The molecule has 12 rings (SSSR count). The first kappa shape index (κ1) is 32.7. The fraction of sp³-hybridized carbons (Fsp3) is 0. The number of para-hydroxylation sites is 3. The molecule has 3 aliphatic heterocycles. The zero-order valence-corrected chi connectivity index (χ0v) is 31.7. The smallest absolute Gasteiger partial charge is 0.257 e. The van der Waals surface area contributed by atoms with Gasteiger partial charge in [-0.1, -0.05) is 133 Å². The Morgan fingerprint density at radius 1 is 0.224 bits per heavy atom. The molecule has 0 aliphatic carbocycles. The van der Waals surface area contributed by atoms with Crippen LogP contribution in [0.5, 0.6) is 0 Å². The molecular formula is C54H36BN3. The van der Waals surface area contributed by atoms with Crippen molar-refractivity contribution in [2.45, 2.75) is 0 Å². The number of hydrogen-bond acceptors (Lipinski definition) is 3. The SMILES string of the molecule is c1ccc(-c2cccc(-c3cccc(-c4cc5c6c(c4)N(c4ccccc4)c4cccc7c4B6c4c(cccc4N5c4ccccc4)N7c4ccccc4)c3)c2)cc1. The topological polar surface area (TPSA) is 9.72 Å². The van der Waals surface area contributed by atoms with Crippen molar-refractivity contribution < 1.29 is 0 Å². The molecule has 0 atom stereocenters. The van der Waals surface area contributed by atoms with Crippen LogP contribution in [-0.4, -0.2) is 6.71 Å². The highest BCUT2D eigenvalue weighted by atomic mass is 15.2. The third kappa shape index (κ3) is 4.95. The highest BCUT2D eigenvalue weighted by Crippen LogP contribution is 2.51. The van der Waals surface area contributed by atoms with E-state index in [0.29, 0.717) is 0 Å². The lowest BCUT2D eigenvalue weighted by Gasteiger charge is -2.49. The summed E-state index contributed by atoms with van der Waals surface area (Å²) in [5.41, 5.74) is 21.9. The lowest BCUT2D eigenvalue weighted by atomic mass is 9.31. The minimum Gasteiger partial charge on any atom is -0.311 e. The molecule has 3 nitrogen and oxygen atoms in total. The first-order valence-electron chi connectivity index (χ1n) is 20.1. The first-order chi connectivity index (χ1) is 28.8. The monoisotopic (exact) mass is 737 g/mol. The first-order valence-corrected chi connectivity index (χ1v) is 20.1. The van der Waals surface area contributed by atoms with Crippen molar-refractivity contribution in [1.82, 2.24) is 0 Å². The van der Waals surface area contributed by atoms with Crippen LogP contribution in [-0.2, 0) is 0 Å². The molecule has 58 heavy (non-hydrogen) atoms. The summed E-state index contributed by atoms with van der Waals surface area (Å²) in [4.78, 5) is 7.50. The summed E-state index contributed by atoms with van der Waals surface area (Å²) in [5.74, 6) is 0. The molecule has 9 aromatic carbocycles. The molecule has 0 aromatic heterocycles. The van der Waals surface area contributed by atoms with Crippen molar-refractivity contribution in [1.29, 1.82) is 0 Å². The second-order valence-corrected chi connectivity index (χ2v) is 15.3. The maximum Gasteiger partial charge on any atom is 0.257 e. The fourth-order valence-electron chi connectivity index (χ4n) is 9.68. The molecule has 0 bridgehead atoms. The number of benzene rings is 9. The van der Waals surface area contributed by atoms with E-state index < -0.39 is 0 Å². The van der Waals surface area contributed by atoms with Crippen molar-refractivity contribution in [3.63, 3.8) is 0 Å². The average Bonchev–Trinajstić information content (AvgIpc) is 3.30.